The first kappa shape index (κ1) is 8.52. The van der Waals surface area contributed by atoms with Crippen LogP contribution in [0.25, 0.3) is 11.3 Å². The van der Waals surface area contributed by atoms with Gasteiger partial charge in [-0.15, -0.1) is 0 Å². The zero-order valence-corrected chi connectivity index (χ0v) is 7.29. The molecule has 0 unspecified atom stereocenters. The lowest BCUT2D eigenvalue weighted by molar-refractivity contribution is 0.628. The molecule has 0 spiro atoms. The average molecular weight is 186 g/mol. The SMILES string of the molecule is N#Cc1c[nH]c(-c2ccc(F)cc2)c1. The Balaban J connectivity index is 2.40. The summed E-state index contributed by atoms with van der Waals surface area (Å²) in [5.74, 6) is -0.263. The quantitative estimate of drug-likeness (QED) is 0.730. The lowest BCUT2D eigenvalue weighted by Crippen LogP contribution is -1.77. The normalized spacial score (nSPS) is 9.71. The second-order valence-electron chi connectivity index (χ2n) is 2.92. The maximum absolute atomic E-state index is 12.6. The first-order valence-corrected chi connectivity index (χ1v) is 4.14. The summed E-state index contributed by atoms with van der Waals surface area (Å²) in [6.45, 7) is 0. The van der Waals surface area contributed by atoms with Gasteiger partial charge in [0.15, 0.2) is 0 Å². The topological polar surface area (TPSA) is 39.6 Å². The monoisotopic (exact) mass is 186 g/mol. The van der Waals surface area contributed by atoms with E-state index in [1.54, 1.807) is 24.4 Å². The van der Waals surface area contributed by atoms with E-state index < -0.39 is 0 Å². The van der Waals surface area contributed by atoms with Gasteiger partial charge >= 0.3 is 0 Å². The number of H-pyrrole nitrogens is 1. The van der Waals surface area contributed by atoms with Gasteiger partial charge in [-0.05, 0) is 35.9 Å². The van der Waals surface area contributed by atoms with Crippen molar-refractivity contribution >= 4 is 0 Å². The minimum atomic E-state index is -0.263. The number of aromatic amines is 1. The van der Waals surface area contributed by atoms with Gasteiger partial charge in [-0.25, -0.2) is 4.39 Å². The smallest absolute Gasteiger partial charge is 0.123 e. The van der Waals surface area contributed by atoms with Gasteiger partial charge in [0.25, 0.3) is 0 Å². The second kappa shape index (κ2) is 3.35. The number of nitriles is 1. The van der Waals surface area contributed by atoms with Crippen LogP contribution in [0.5, 0.6) is 0 Å². The predicted octanol–water partition coefficient (Wildman–Crippen LogP) is 2.69. The van der Waals surface area contributed by atoms with Crippen LogP contribution in [0.2, 0.25) is 0 Å². The molecule has 1 aromatic heterocycles. The van der Waals surface area contributed by atoms with E-state index in [2.05, 4.69) is 4.98 Å². The van der Waals surface area contributed by atoms with E-state index in [1.165, 1.54) is 12.1 Å². The Bertz CT molecular complexity index is 477. The van der Waals surface area contributed by atoms with Crippen molar-refractivity contribution in [2.24, 2.45) is 0 Å². The molecule has 0 fully saturated rings. The Morgan fingerprint density at radius 2 is 1.93 bits per heavy atom. The van der Waals surface area contributed by atoms with Crippen LogP contribution in [0.1, 0.15) is 5.56 Å². The summed E-state index contributed by atoms with van der Waals surface area (Å²) in [6, 6.07) is 9.87. The Labute approximate surface area is 80.6 Å². The summed E-state index contributed by atoms with van der Waals surface area (Å²) < 4.78 is 12.6. The van der Waals surface area contributed by atoms with Crippen molar-refractivity contribution in [3.8, 4) is 17.3 Å². The predicted molar refractivity (Wildman–Crippen MR) is 50.9 cm³/mol. The van der Waals surface area contributed by atoms with Crippen LogP contribution >= 0.6 is 0 Å². The molecule has 0 aliphatic rings. The standard InChI is InChI=1S/C11H7FN2/c12-10-3-1-9(2-4-10)11-5-8(6-13)7-14-11/h1-5,7,14H. The molecule has 0 aliphatic carbocycles. The highest BCUT2D eigenvalue weighted by Gasteiger charge is 2.00. The number of halogens is 1. The number of hydrogen-bond donors (Lipinski definition) is 1. The molecule has 2 nitrogen and oxygen atoms in total. The van der Waals surface area contributed by atoms with Crippen molar-refractivity contribution in [3.05, 3.63) is 47.9 Å². The van der Waals surface area contributed by atoms with Gasteiger partial charge in [0.1, 0.15) is 11.9 Å². The van der Waals surface area contributed by atoms with Gasteiger partial charge in [0.05, 0.1) is 5.56 Å². The summed E-state index contributed by atoms with van der Waals surface area (Å²) in [6.07, 6.45) is 1.62. The Hall–Kier alpha value is -2.08. The molecular weight excluding hydrogens is 179 g/mol. The van der Waals surface area contributed by atoms with Gasteiger partial charge in [-0.2, -0.15) is 5.26 Å². The Morgan fingerprint density at radius 3 is 2.50 bits per heavy atom. The van der Waals surface area contributed by atoms with E-state index in [9.17, 15) is 4.39 Å². The van der Waals surface area contributed by atoms with Crippen LogP contribution < -0.4 is 0 Å². The minimum Gasteiger partial charge on any atom is -0.360 e. The number of rotatable bonds is 1. The van der Waals surface area contributed by atoms with Crippen molar-refractivity contribution in [2.45, 2.75) is 0 Å². The third kappa shape index (κ3) is 1.50. The second-order valence-corrected chi connectivity index (χ2v) is 2.92. The van der Waals surface area contributed by atoms with Crippen LogP contribution in [0, 0.1) is 17.1 Å². The lowest BCUT2D eigenvalue weighted by atomic mass is 10.1. The maximum atomic E-state index is 12.6. The number of benzene rings is 1. The molecule has 1 aromatic carbocycles. The molecule has 0 atom stereocenters. The molecule has 1 N–H and O–H groups in total. The molecule has 0 radical (unpaired) electrons. The minimum absolute atomic E-state index is 0.263. The Morgan fingerprint density at radius 1 is 1.21 bits per heavy atom. The molecule has 0 saturated carbocycles. The molecule has 0 bridgehead atoms. The highest BCUT2D eigenvalue weighted by molar-refractivity contribution is 5.61. The van der Waals surface area contributed by atoms with Crippen molar-refractivity contribution in [2.75, 3.05) is 0 Å². The van der Waals surface area contributed by atoms with Gasteiger partial charge in [0.2, 0.25) is 0 Å². The molecule has 68 valence electrons. The highest BCUT2D eigenvalue weighted by atomic mass is 19.1. The zero-order chi connectivity index (χ0) is 9.97. The van der Waals surface area contributed by atoms with E-state index in [0.29, 0.717) is 5.56 Å². The molecule has 0 saturated heterocycles. The summed E-state index contributed by atoms with van der Waals surface area (Å²) in [5, 5.41) is 8.61. The van der Waals surface area contributed by atoms with Crippen molar-refractivity contribution < 1.29 is 4.39 Å². The fourth-order valence-electron chi connectivity index (χ4n) is 1.26. The average Bonchev–Trinajstić information content (AvgIpc) is 2.67. The molecule has 1 heterocycles. The summed E-state index contributed by atoms with van der Waals surface area (Å²) >= 11 is 0. The van der Waals surface area contributed by atoms with Crippen LogP contribution in [0.15, 0.2) is 36.5 Å². The third-order valence-electron chi connectivity index (χ3n) is 1.97. The van der Waals surface area contributed by atoms with Crippen molar-refractivity contribution in [1.82, 2.24) is 4.98 Å². The van der Waals surface area contributed by atoms with Crippen LogP contribution in [-0.4, -0.2) is 4.98 Å². The summed E-state index contributed by atoms with van der Waals surface area (Å²) in [4.78, 5) is 2.95. The van der Waals surface area contributed by atoms with E-state index >= 15 is 0 Å². The molecule has 3 heteroatoms. The summed E-state index contributed by atoms with van der Waals surface area (Å²) in [7, 11) is 0. The van der Waals surface area contributed by atoms with Crippen molar-refractivity contribution in [1.29, 1.82) is 5.26 Å². The van der Waals surface area contributed by atoms with E-state index in [1.807, 2.05) is 6.07 Å². The van der Waals surface area contributed by atoms with Crippen molar-refractivity contribution in [3.63, 3.8) is 0 Å². The number of aromatic nitrogens is 1. The molecular formula is C11H7FN2. The maximum Gasteiger partial charge on any atom is 0.123 e. The van der Waals surface area contributed by atoms with Gasteiger partial charge < -0.3 is 4.98 Å². The van der Waals surface area contributed by atoms with Gasteiger partial charge in [-0.1, -0.05) is 0 Å². The Kier molecular flexibility index (Phi) is 2.04. The van der Waals surface area contributed by atoms with E-state index in [0.717, 1.165) is 11.3 Å². The first-order valence-electron chi connectivity index (χ1n) is 4.14. The van der Waals surface area contributed by atoms with E-state index in [4.69, 9.17) is 5.26 Å². The number of nitrogens with zero attached hydrogens (tertiary/aromatic N) is 1. The zero-order valence-electron chi connectivity index (χ0n) is 7.29. The van der Waals surface area contributed by atoms with Gasteiger partial charge in [-0.3, -0.25) is 0 Å². The van der Waals surface area contributed by atoms with Crippen LogP contribution in [0.4, 0.5) is 4.39 Å². The molecule has 0 aliphatic heterocycles. The lowest BCUT2D eigenvalue weighted by Gasteiger charge is -1.95. The van der Waals surface area contributed by atoms with Crippen LogP contribution in [0.3, 0.4) is 0 Å². The first-order chi connectivity index (χ1) is 6.79. The summed E-state index contributed by atoms with van der Waals surface area (Å²) in [5.41, 5.74) is 2.26. The van der Waals surface area contributed by atoms with Crippen LogP contribution in [-0.2, 0) is 0 Å². The van der Waals surface area contributed by atoms with E-state index in [-0.39, 0.29) is 5.82 Å². The number of hydrogen-bond acceptors (Lipinski definition) is 1. The van der Waals surface area contributed by atoms with Gasteiger partial charge in [0, 0.05) is 11.9 Å². The largest absolute Gasteiger partial charge is 0.360 e. The third-order valence-corrected chi connectivity index (χ3v) is 1.97. The highest BCUT2D eigenvalue weighted by Crippen LogP contribution is 2.18. The fraction of sp³-hybridized carbons (Fsp3) is 0. The molecule has 0 amide bonds. The molecule has 2 rings (SSSR count). The molecule has 2 aromatic rings. The number of nitrogens with one attached hydrogen (secondary N) is 1. The molecule has 14 heavy (non-hydrogen) atoms. The fourth-order valence-corrected chi connectivity index (χ4v) is 1.26.